The van der Waals surface area contributed by atoms with E-state index in [-0.39, 0.29) is 5.75 Å². The molecule has 0 saturated carbocycles. The van der Waals surface area contributed by atoms with Crippen molar-refractivity contribution in [3.8, 4) is 17.0 Å². The fourth-order valence-corrected chi connectivity index (χ4v) is 7.01. The first-order valence-electron chi connectivity index (χ1n) is 12.6. The van der Waals surface area contributed by atoms with Crippen LogP contribution in [-0.4, -0.2) is 58.8 Å². The smallest absolute Gasteiger partial charge is 0.169 e. The van der Waals surface area contributed by atoms with Crippen molar-refractivity contribution in [3.05, 3.63) is 54.6 Å². The summed E-state index contributed by atoms with van der Waals surface area (Å²) in [4.78, 5) is 6.38. The maximum atomic E-state index is 10.3. The van der Waals surface area contributed by atoms with Crippen molar-refractivity contribution in [2.45, 2.75) is 47.9 Å². The molecule has 4 heterocycles. The molecular formula is C27H32N6OS. The maximum absolute atomic E-state index is 10.3. The molecule has 2 bridgehead atoms. The molecule has 0 unspecified atom stereocenters. The molecular weight excluding hydrogens is 456 g/mol. The van der Waals surface area contributed by atoms with Gasteiger partial charge in [0.25, 0.3) is 0 Å². The van der Waals surface area contributed by atoms with Crippen LogP contribution in [0.15, 0.2) is 59.5 Å². The highest BCUT2D eigenvalue weighted by Crippen LogP contribution is 2.40. The number of nitrogens with two attached hydrogens (primary N) is 1. The maximum Gasteiger partial charge on any atom is 0.169 e. The molecule has 4 N–H and O–H groups in total. The lowest BCUT2D eigenvalue weighted by atomic mass is 10.1. The fourth-order valence-electron chi connectivity index (χ4n) is 5.81. The average molecular weight is 489 g/mol. The van der Waals surface area contributed by atoms with Crippen molar-refractivity contribution in [2.75, 3.05) is 41.7 Å². The van der Waals surface area contributed by atoms with E-state index in [9.17, 15) is 5.11 Å². The first-order valence-corrected chi connectivity index (χ1v) is 13.5. The number of hydrogen-bond donors (Lipinski definition) is 3. The predicted octanol–water partition coefficient (Wildman–Crippen LogP) is 4.13. The number of hydrogen-bond acceptors (Lipinski definition) is 8. The molecule has 182 valence electrons. The van der Waals surface area contributed by atoms with Gasteiger partial charge in [-0.05, 0) is 75.2 Å². The van der Waals surface area contributed by atoms with E-state index >= 15 is 0 Å². The summed E-state index contributed by atoms with van der Waals surface area (Å²) in [6, 6.07) is 19.2. The highest BCUT2D eigenvalue weighted by Gasteiger charge is 2.40. The predicted molar refractivity (Wildman–Crippen MR) is 143 cm³/mol. The number of anilines is 3. The molecule has 7 nitrogen and oxygen atoms in total. The van der Waals surface area contributed by atoms with Crippen molar-refractivity contribution in [1.82, 2.24) is 15.5 Å². The molecule has 3 aromatic rings. The van der Waals surface area contributed by atoms with E-state index in [2.05, 4.69) is 49.6 Å². The van der Waals surface area contributed by atoms with Crippen LogP contribution in [0.25, 0.3) is 11.3 Å². The van der Waals surface area contributed by atoms with Crippen LogP contribution in [-0.2, 0) is 0 Å². The number of phenols is 1. The molecule has 0 amide bonds. The van der Waals surface area contributed by atoms with Crippen LogP contribution >= 0.6 is 11.8 Å². The van der Waals surface area contributed by atoms with Gasteiger partial charge in [-0.3, -0.25) is 0 Å². The van der Waals surface area contributed by atoms with Crippen LogP contribution in [0.1, 0.15) is 25.7 Å². The lowest BCUT2D eigenvalue weighted by Crippen LogP contribution is -2.54. The Bertz CT molecular complexity index is 1190. The van der Waals surface area contributed by atoms with E-state index < -0.39 is 0 Å². The molecule has 0 aliphatic carbocycles. The molecule has 3 aliphatic rings. The van der Waals surface area contributed by atoms with Gasteiger partial charge in [-0.25, -0.2) is 0 Å². The second kappa shape index (κ2) is 9.59. The summed E-state index contributed by atoms with van der Waals surface area (Å²) in [5, 5.41) is 23.0. The van der Waals surface area contributed by atoms with Crippen LogP contribution in [0.2, 0.25) is 0 Å². The summed E-state index contributed by atoms with van der Waals surface area (Å²) >= 11 is 2.04. The van der Waals surface area contributed by atoms with Crippen LogP contribution in [0.3, 0.4) is 0 Å². The van der Waals surface area contributed by atoms with Crippen molar-refractivity contribution < 1.29 is 5.11 Å². The summed E-state index contributed by atoms with van der Waals surface area (Å²) in [7, 11) is 0. The van der Waals surface area contributed by atoms with Gasteiger partial charge in [-0.2, -0.15) is 0 Å². The minimum absolute atomic E-state index is 0.199. The topological polar surface area (TPSA) is 90.5 Å². The third-order valence-corrected chi connectivity index (χ3v) is 8.84. The van der Waals surface area contributed by atoms with Gasteiger partial charge in [0, 0.05) is 46.6 Å². The van der Waals surface area contributed by atoms with E-state index in [0.29, 0.717) is 34.4 Å². The van der Waals surface area contributed by atoms with E-state index in [1.54, 1.807) is 12.1 Å². The third kappa shape index (κ3) is 4.52. The Morgan fingerprint density at radius 1 is 0.914 bits per heavy atom. The lowest BCUT2D eigenvalue weighted by Gasteiger charge is -2.43. The molecule has 3 fully saturated rings. The van der Waals surface area contributed by atoms with Crippen LogP contribution in [0, 0.1) is 0 Å². The Hall–Kier alpha value is -2.97. The third-order valence-electron chi connectivity index (χ3n) is 7.51. The van der Waals surface area contributed by atoms with Gasteiger partial charge in [0.15, 0.2) is 5.82 Å². The van der Waals surface area contributed by atoms with Gasteiger partial charge >= 0.3 is 0 Å². The van der Waals surface area contributed by atoms with Gasteiger partial charge in [-0.15, -0.1) is 22.0 Å². The molecule has 1 aromatic heterocycles. The highest BCUT2D eigenvalue weighted by molar-refractivity contribution is 8.00. The van der Waals surface area contributed by atoms with E-state index in [1.165, 1.54) is 36.3 Å². The zero-order valence-corrected chi connectivity index (χ0v) is 20.6. The summed E-state index contributed by atoms with van der Waals surface area (Å²) < 4.78 is 0. The summed E-state index contributed by atoms with van der Waals surface area (Å²) in [5.41, 5.74) is 9.87. The Labute approximate surface area is 210 Å². The fraction of sp³-hybridized carbons (Fsp3) is 0.407. The summed E-state index contributed by atoms with van der Waals surface area (Å²) in [5.74, 6) is 0.641. The second-order valence-electron chi connectivity index (χ2n) is 9.78. The number of para-hydroxylation sites is 1. The number of thioether (sulfide) groups is 1. The van der Waals surface area contributed by atoms with Gasteiger partial charge in [-0.1, -0.05) is 18.2 Å². The van der Waals surface area contributed by atoms with Crippen LogP contribution < -0.4 is 20.9 Å². The Balaban J connectivity index is 1.22. The van der Waals surface area contributed by atoms with Crippen molar-refractivity contribution in [2.24, 2.45) is 0 Å². The number of rotatable bonds is 5. The number of fused-ring (bicyclic) bond motifs is 2. The van der Waals surface area contributed by atoms with E-state index in [1.807, 2.05) is 30.0 Å². The van der Waals surface area contributed by atoms with Gasteiger partial charge in [0.05, 0.1) is 11.4 Å². The average Bonchev–Trinajstić information content (AvgIpc) is 3.15. The Kier molecular flexibility index (Phi) is 6.16. The minimum atomic E-state index is 0.199. The number of nitrogens with zero attached hydrogens (tertiary/aromatic N) is 4. The number of piperidine rings is 1. The molecule has 0 spiro atoms. The van der Waals surface area contributed by atoms with Crippen molar-refractivity contribution >= 4 is 29.0 Å². The first-order chi connectivity index (χ1) is 17.2. The van der Waals surface area contributed by atoms with E-state index in [4.69, 9.17) is 5.73 Å². The molecule has 0 radical (unpaired) electrons. The lowest BCUT2D eigenvalue weighted by molar-refractivity contribution is 0.477. The van der Waals surface area contributed by atoms with Gasteiger partial charge in [0.2, 0.25) is 0 Å². The zero-order valence-electron chi connectivity index (χ0n) is 19.8. The normalized spacial score (nSPS) is 22.5. The zero-order chi connectivity index (χ0) is 23.8. The minimum Gasteiger partial charge on any atom is -0.507 e. The van der Waals surface area contributed by atoms with Gasteiger partial charge in [0.1, 0.15) is 5.75 Å². The largest absolute Gasteiger partial charge is 0.507 e. The number of aromatic nitrogens is 2. The van der Waals surface area contributed by atoms with Crippen LogP contribution in [0.4, 0.5) is 17.2 Å². The van der Waals surface area contributed by atoms with Gasteiger partial charge < -0.3 is 26.0 Å². The number of nitrogens with one attached hydrogen (secondary N) is 1. The number of aromatic hydroxyl groups is 1. The molecule has 3 aliphatic heterocycles. The van der Waals surface area contributed by atoms with Crippen molar-refractivity contribution in [3.63, 3.8) is 0 Å². The number of piperazine rings is 1. The quantitative estimate of drug-likeness (QED) is 0.494. The molecule has 6 rings (SSSR count). The highest BCUT2D eigenvalue weighted by atomic mass is 32.2. The monoisotopic (exact) mass is 488 g/mol. The molecule has 8 heteroatoms. The van der Waals surface area contributed by atoms with Crippen LogP contribution in [0.5, 0.6) is 5.75 Å². The molecule has 2 atom stereocenters. The number of nitrogen functional groups attached to an aromatic ring is 1. The molecule has 2 aromatic carbocycles. The first kappa shape index (κ1) is 22.5. The van der Waals surface area contributed by atoms with Crippen molar-refractivity contribution in [1.29, 1.82) is 0 Å². The number of benzene rings is 2. The second-order valence-corrected chi connectivity index (χ2v) is 11.2. The molecule has 3 saturated heterocycles. The number of phenolic OH excluding ortho intramolecular Hbond substituents is 1. The summed E-state index contributed by atoms with van der Waals surface area (Å²) in [6.45, 7) is 4.06. The SMILES string of the molecule is Nc1nnc(-c2ccccc2O)cc1N1C[C@H]2CC[C@@H](C1)N2c1cccc(SC2CCNCC2)c1. The molecule has 35 heavy (non-hydrogen) atoms. The summed E-state index contributed by atoms with van der Waals surface area (Å²) in [6.07, 6.45) is 4.83. The standard InChI is InChI=1S/C27H32N6OS/c28-27-25(15-24(30-31-27)23-6-1-2-7-26(23)34)32-16-19-8-9-20(17-32)33(19)18-4-3-5-22(14-18)35-21-10-12-29-13-11-21/h1-7,14-15,19-21,29,34H,8-13,16-17H2,(H2,28,31)/t19-,20+. The Morgan fingerprint density at radius 3 is 2.46 bits per heavy atom. The Morgan fingerprint density at radius 2 is 1.69 bits per heavy atom. The van der Waals surface area contributed by atoms with E-state index in [0.717, 1.165) is 31.9 Å².